The van der Waals surface area contributed by atoms with E-state index in [2.05, 4.69) is 34.0 Å². The Kier molecular flexibility index (Phi) is 6.00. The highest BCUT2D eigenvalue weighted by Crippen LogP contribution is 2.38. The Balaban J connectivity index is 1.54. The minimum Gasteiger partial charge on any atom is -0.381 e. The molecule has 0 aromatic rings. The van der Waals surface area contributed by atoms with Gasteiger partial charge in [-0.15, -0.1) is 0 Å². The van der Waals surface area contributed by atoms with Crippen LogP contribution in [0.2, 0.25) is 0 Å². The van der Waals surface area contributed by atoms with E-state index in [9.17, 15) is 0 Å². The van der Waals surface area contributed by atoms with Crippen LogP contribution < -0.4 is 5.32 Å². The van der Waals surface area contributed by atoms with Gasteiger partial charge in [-0.3, -0.25) is 9.89 Å². The third-order valence-electron chi connectivity index (χ3n) is 5.89. The third-order valence-corrected chi connectivity index (χ3v) is 5.89. The zero-order valence-electron chi connectivity index (χ0n) is 15.6. The van der Waals surface area contributed by atoms with Crippen molar-refractivity contribution in [2.24, 2.45) is 16.3 Å². The van der Waals surface area contributed by atoms with Gasteiger partial charge < -0.3 is 19.7 Å². The van der Waals surface area contributed by atoms with Crippen LogP contribution in [0, 0.1) is 11.3 Å². The molecule has 1 spiro atoms. The lowest BCUT2D eigenvalue weighted by Crippen LogP contribution is -2.53. The number of likely N-dealkylation sites (tertiary alicyclic amines) is 1. The molecule has 3 aliphatic heterocycles. The normalized spacial score (nSPS) is 30.5. The highest BCUT2D eigenvalue weighted by Gasteiger charge is 2.42. The van der Waals surface area contributed by atoms with Gasteiger partial charge in [-0.2, -0.15) is 0 Å². The summed E-state index contributed by atoms with van der Waals surface area (Å²) in [6.07, 6.45) is 2.42. The fourth-order valence-electron chi connectivity index (χ4n) is 4.31. The van der Waals surface area contributed by atoms with Crippen molar-refractivity contribution in [1.82, 2.24) is 15.1 Å². The molecule has 0 aromatic heterocycles. The number of morpholine rings is 1. The maximum absolute atomic E-state index is 5.65. The van der Waals surface area contributed by atoms with E-state index < -0.39 is 0 Å². The van der Waals surface area contributed by atoms with Crippen molar-refractivity contribution in [2.75, 3.05) is 66.2 Å². The molecule has 3 fully saturated rings. The summed E-state index contributed by atoms with van der Waals surface area (Å²) in [6, 6.07) is 0.525. The number of guanidine groups is 1. The number of hydrogen-bond donors (Lipinski definition) is 1. The van der Waals surface area contributed by atoms with E-state index >= 15 is 0 Å². The van der Waals surface area contributed by atoms with E-state index in [4.69, 9.17) is 9.47 Å². The molecule has 0 aliphatic carbocycles. The van der Waals surface area contributed by atoms with Crippen LogP contribution in [0.5, 0.6) is 0 Å². The largest absolute Gasteiger partial charge is 0.381 e. The second-order valence-corrected chi connectivity index (χ2v) is 7.86. The second kappa shape index (κ2) is 8.02. The molecule has 6 heteroatoms. The summed E-state index contributed by atoms with van der Waals surface area (Å²) < 4.78 is 11.2. The molecule has 3 rings (SSSR count). The molecule has 0 saturated carbocycles. The van der Waals surface area contributed by atoms with Crippen LogP contribution in [0.4, 0.5) is 0 Å². The van der Waals surface area contributed by atoms with Gasteiger partial charge in [-0.05, 0) is 18.8 Å². The second-order valence-electron chi connectivity index (χ2n) is 7.86. The minimum absolute atomic E-state index is 0.374. The lowest BCUT2D eigenvalue weighted by atomic mass is 9.87. The molecule has 3 saturated heterocycles. The molecular weight excluding hydrogens is 304 g/mol. The highest BCUT2D eigenvalue weighted by molar-refractivity contribution is 5.80. The molecule has 0 aromatic carbocycles. The minimum atomic E-state index is 0.374. The molecule has 24 heavy (non-hydrogen) atoms. The van der Waals surface area contributed by atoms with Gasteiger partial charge in [-0.25, -0.2) is 0 Å². The van der Waals surface area contributed by atoms with Crippen molar-refractivity contribution in [2.45, 2.75) is 32.7 Å². The Hall–Kier alpha value is -0.850. The van der Waals surface area contributed by atoms with Gasteiger partial charge in [0.05, 0.1) is 19.8 Å². The number of nitrogens with one attached hydrogen (secondary N) is 1. The van der Waals surface area contributed by atoms with Crippen LogP contribution in [-0.2, 0) is 9.47 Å². The Labute approximate surface area is 146 Å². The zero-order valence-corrected chi connectivity index (χ0v) is 15.6. The van der Waals surface area contributed by atoms with Crippen molar-refractivity contribution in [3.8, 4) is 0 Å². The van der Waals surface area contributed by atoms with Crippen molar-refractivity contribution >= 4 is 5.96 Å². The number of nitrogens with zero attached hydrogens (tertiary/aromatic N) is 3. The topological polar surface area (TPSA) is 49.3 Å². The summed E-state index contributed by atoms with van der Waals surface area (Å²) in [7, 11) is 1.90. The predicted octanol–water partition coefficient (Wildman–Crippen LogP) is 1.03. The SMILES string of the molecule is CN=C(NCC(C(C)C)N1CCOCC1)N1CCC2(CCOC2)C1. The lowest BCUT2D eigenvalue weighted by Gasteiger charge is -2.37. The molecule has 138 valence electrons. The maximum atomic E-state index is 5.65. The quantitative estimate of drug-likeness (QED) is 0.613. The highest BCUT2D eigenvalue weighted by atomic mass is 16.5. The summed E-state index contributed by atoms with van der Waals surface area (Å²) in [4.78, 5) is 9.53. The average Bonchev–Trinajstić information content (AvgIpc) is 3.22. The van der Waals surface area contributed by atoms with Gasteiger partial charge in [0.15, 0.2) is 5.96 Å². The van der Waals surface area contributed by atoms with Gasteiger partial charge in [0.1, 0.15) is 0 Å². The molecule has 0 bridgehead atoms. The first-order chi connectivity index (χ1) is 11.6. The Bertz CT molecular complexity index is 429. The zero-order chi connectivity index (χ0) is 17.0. The van der Waals surface area contributed by atoms with Crippen molar-refractivity contribution in [3.63, 3.8) is 0 Å². The van der Waals surface area contributed by atoms with Crippen LogP contribution in [0.15, 0.2) is 4.99 Å². The summed E-state index contributed by atoms with van der Waals surface area (Å²) in [5.74, 6) is 1.67. The third kappa shape index (κ3) is 4.03. The van der Waals surface area contributed by atoms with E-state index in [1.807, 2.05) is 7.05 Å². The number of hydrogen-bond acceptors (Lipinski definition) is 4. The van der Waals surface area contributed by atoms with Gasteiger partial charge in [-0.1, -0.05) is 13.8 Å². The number of aliphatic imine (C=N–C) groups is 1. The molecule has 1 N–H and O–H groups in total. The lowest BCUT2D eigenvalue weighted by molar-refractivity contribution is 0.00741. The van der Waals surface area contributed by atoms with Crippen LogP contribution >= 0.6 is 0 Å². The monoisotopic (exact) mass is 338 g/mol. The standard InChI is InChI=1S/C18H34N4O2/c1-15(2)16(21-7-10-23-11-8-21)12-20-17(19-3)22-6-4-18(13-22)5-9-24-14-18/h15-16H,4-14H2,1-3H3,(H,19,20). The molecule has 2 atom stereocenters. The van der Waals surface area contributed by atoms with Crippen molar-refractivity contribution in [1.29, 1.82) is 0 Å². The maximum Gasteiger partial charge on any atom is 0.193 e. The Morgan fingerprint density at radius 1 is 1.12 bits per heavy atom. The Morgan fingerprint density at radius 3 is 2.54 bits per heavy atom. The fraction of sp³-hybridized carbons (Fsp3) is 0.944. The predicted molar refractivity (Wildman–Crippen MR) is 96.4 cm³/mol. The molecule has 3 heterocycles. The first kappa shape index (κ1) is 18.0. The van der Waals surface area contributed by atoms with E-state index in [0.717, 1.165) is 65.1 Å². The van der Waals surface area contributed by atoms with Crippen molar-refractivity contribution < 1.29 is 9.47 Å². The van der Waals surface area contributed by atoms with E-state index in [1.54, 1.807) is 0 Å². The Morgan fingerprint density at radius 2 is 1.92 bits per heavy atom. The first-order valence-corrected chi connectivity index (χ1v) is 9.49. The van der Waals surface area contributed by atoms with Gasteiger partial charge in [0.25, 0.3) is 0 Å². The number of rotatable bonds is 4. The van der Waals surface area contributed by atoms with E-state index in [-0.39, 0.29) is 0 Å². The summed E-state index contributed by atoms with van der Waals surface area (Å²) in [5.41, 5.74) is 0.374. The average molecular weight is 338 g/mol. The first-order valence-electron chi connectivity index (χ1n) is 9.49. The van der Waals surface area contributed by atoms with Gasteiger partial charge >= 0.3 is 0 Å². The van der Waals surface area contributed by atoms with E-state index in [1.165, 1.54) is 12.8 Å². The van der Waals surface area contributed by atoms with E-state index in [0.29, 0.717) is 17.4 Å². The van der Waals surface area contributed by atoms with Gasteiger partial charge in [0.2, 0.25) is 0 Å². The molecule has 0 amide bonds. The molecular formula is C18H34N4O2. The van der Waals surface area contributed by atoms with Crippen LogP contribution in [0.25, 0.3) is 0 Å². The van der Waals surface area contributed by atoms with Crippen LogP contribution in [0.3, 0.4) is 0 Å². The fourth-order valence-corrected chi connectivity index (χ4v) is 4.31. The van der Waals surface area contributed by atoms with Gasteiger partial charge in [0, 0.05) is 57.8 Å². The van der Waals surface area contributed by atoms with Crippen LogP contribution in [0.1, 0.15) is 26.7 Å². The van der Waals surface area contributed by atoms with Crippen molar-refractivity contribution in [3.05, 3.63) is 0 Å². The summed E-state index contributed by atoms with van der Waals surface area (Å²) in [5, 5.41) is 3.65. The molecule has 0 radical (unpaired) electrons. The molecule has 2 unspecified atom stereocenters. The van der Waals surface area contributed by atoms with Crippen LogP contribution in [-0.4, -0.2) is 88.0 Å². The molecule has 3 aliphatic rings. The summed E-state index contributed by atoms with van der Waals surface area (Å²) >= 11 is 0. The summed E-state index contributed by atoms with van der Waals surface area (Å²) in [6.45, 7) is 13.4. The number of ether oxygens (including phenoxy) is 2. The molecule has 6 nitrogen and oxygen atoms in total. The smallest absolute Gasteiger partial charge is 0.193 e.